The highest BCUT2D eigenvalue weighted by Crippen LogP contribution is 2.62. The standard InChI is InChI=1S/C13H20N4O3/c1-12(2)5-13(7-18)6-17(4-8(12)13)11-14-9(10(19)20)15-16(11)3/h8,18H,4-7H2,1-3H3,(H,19,20)/t8-,13-/m1/s1. The van der Waals surface area contributed by atoms with Crippen molar-refractivity contribution >= 4 is 11.9 Å². The Labute approximate surface area is 117 Å². The van der Waals surface area contributed by atoms with Gasteiger partial charge in [-0.1, -0.05) is 13.8 Å². The molecular weight excluding hydrogens is 260 g/mol. The zero-order valence-electron chi connectivity index (χ0n) is 12.0. The van der Waals surface area contributed by atoms with E-state index in [1.165, 1.54) is 4.68 Å². The molecule has 0 radical (unpaired) electrons. The lowest BCUT2D eigenvalue weighted by Gasteiger charge is -2.55. The number of aromatic nitrogens is 3. The molecule has 1 aromatic rings. The summed E-state index contributed by atoms with van der Waals surface area (Å²) in [7, 11) is 1.70. The van der Waals surface area contributed by atoms with Crippen LogP contribution in [-0.2, 0) is 7.05 Å². The SMILES string of the molecule is Cn1nc(C(=O)O)nc1N1C[C@@H]2C(C)(C)C[C@]2(CO)C1. The molecule has 110 valence electrons. The van der Waals surface area contributed by atoms with Crippen molar-refractivity contribution < 1.29 is 15.0 Å². The van der Waals surface area contributed by atoms with E-state index in [1.807, 2.05) is 0 Å². The molecule has 2 fully saturated rings. The van der Waals surface area contributed by atoms with E-state index in [4.69, 9.17) is 5.11 Å². The number of hydrogen-bond donors (Lipinski definition) is 2. The lowest BCUT2D eigenvalue weighted by atomic mass is 9.48. The first-order chi connectivity index (χ1) is 9.29. The van der Waals surface area contributed by atoms with Crippen LogP contribution in [0.4, 0.5) is 5.95 Å². The van der Waals surface area contributed by atoms with Gasteiger partial charge in [-0.3, -0.25) is 0 Å². The number of nitrogens with zero attached hydrogens (tertiary/aromatic N) is 4. The van der Waals surface area contributed by atoms with Crippen molar-refractivity contribution in [1.82, 2.24) is 14.8 Å². The fourth-order valence-corrected chi connectivity index (χ4v) is 4.23. The number of rotatable bonds is 3. The smallest absolute Gasteiger partial charge is 0.375 e. The lowest BCUT2D eigenvalue weighted by molar-refractivity contribution is -0.0974. The van der Waals surface area contributed by atoms with E-state index in [1.54, 1.807) is 7.05 Å². The lowest BCUT2D eigenvalue weighted by Crippen LogP contribution is -2.54. The average Bonchev–Trinajstić information content (AvgIpc) is 2.88. The Kier molecular flexibility index (Phi) is 2.63. The first-order valence-corrected chi connectivity index (χ1v) is 6.79. The molecule has 1 aliphatic carbocycles. The molecule has 0 bridgehead atoms. The Bertz CT molecular complexity index is 568. The van der Waals surface area contributed by atoms with Crippen LogP contribution in [0.25, 0.3) is 0 Å². The van der Waals surface area contributed by atoms with Crippen LogP contribution in [0.15, 0.2) is 0 Å². The number of carboxylic acid groups (broad SMARTS) is 1. The molecule has 2 aliphatic rings. The molecular formula is C13H20N4O3. The molecule has 7 heteroatoms. The molecule has 0 aromatic carbocycles. The van der Waals surface area contributed by atoms with Crippen molar-refractivity contribution in [2.75, 3.05) is 24.6 Å². The predicted molar refractivity (Wildman–Crippen MR) is 71.6 cm³/mol. The van der Waals surface area contributed by atoms with E-state index in [9.17, 15) is 9.90 Å². The van der Waals surface area contributed by atoms with Gasteiger partial charge in [-0.25, -0.2) is 9.48 Å². The van der Waals surface area contributed by atoms with Gasteiger partial charge in [0.25, 0.3) is 5.82 Å². The topological polar surface area (TPSA) is 91.5 Å². The minimum atomic E-state index is -1.12. The van der Waals surface area contributed by atoms with Crippen LogP contribution < -0.4 is 4.90 Å². The summed E-state index contributed by atoms with van der Waals surface area (Å²) in [6.07, 6.45) is 0.987. The third kappa shape index (κ3) is 1.65. The summed E-state index contributed by atoms with van der Waals surface area (Å²) in [6, 6.07) is 0. The molecule has 3 rings (SSSR count). The van der Waals surface area contributed by atoms with Gasteiger partial charge in [-0.2, -0.15) is 4.98 Å². The van der Waals surface area contributed by atoms with Gasteiger partial charge in [0, 0.05) is 25.6 Å². The van der Waals surface area contributed by atoms with Crippen LogP contribution in [0.5, 0.6) is 0 Å². The number of carboxylic acids is 1. The molecule has 1 aliphatic heterocycles. The quantitative estimate of drug-likeness (QED) is 0.830. The van der Waals surface area contributed by atoms with Crippen molar-refractivity contribution in [3.63, 3.8) is 0 Å². The Hall–Kier alpha value is -1.63. The molecule has 1 saturated carbocycles. The van der Waals surface area contributed by atoms with Gasteiger partial charge in [-0.05, 0) is 17.8 Å². The Morgan fingerprint density at radius 1 is 1.50 bits per heavy atom. The molecule has 2 atom stereocenters. The molecule has 1 saturated heterocycles. The van der Waals surface area contributed by atoms with E-state index < -0.39 is 5.97 Å². The largest absolute Gasteiger partial charge is 0.475 e. The molecule has 0 unspecified atom stereocenters. The monoisotopic (exact) mass is 280 g/mol. The molecule has 0 amide bonds. The van der Waals surface area contributed by atoms with Gasteiger partial charge in [0.05, 0.1) is 6.61 Å². The van der Waals surface area contributed by atoms with Crippen LogP contribution in [-0.4, -0.2) is 50.6 Å². The predicted octanol–water partition coefficient (Wildman–Crippen LogP) is 0.358. The fraction of sp³-hybridized carbons (Fsp3) is 0.769. The maximum absolute atomic E-state index is 10.9. The van der Waals surface area contributed by atoms with Gasteiger partial charge < -0.3 is 15.1 Å². The van der Waals surface area contributed by atoms with E-state index in [0.29, 0.717) is 18.4 Å². The maximum atomic E-state index is 10.9. The number of aliphatic hydroxyl groups is 1. The van der Waals surface area contributed by atoms with E-state index in [2.05, 4.69) is 28.8 Å². The van der Waals surface area contributed by atoms with Gasteiger partial charge in [0.2, 0.25) is 5.95 Å². The molecule has 2 N–H and O–H groups in total. The second kappa shape index (κ2) is 3.94. The summed E-state index contributed by atoms with van der Waals surface area (Å²) in [4.78, 5) is 17.1. The van der Waals surface area contributed by atoms with E-state index >= 15 is 0 Å². The number of carbonyl (C=O) groups is 1. The molecule has 2 heterocycles. The van der Waals surface area contributed by atoms with Gasteiger partial charge >= 0.3 is 5.97 Å². The van der Waals surface area contributed by atoms with Crippen LogP contribution in [0, 0.1) is 16.7 Å². The van der Waals surface area contributed by atoms with Crippen molar-refractivity contribution in [3.05, 3.63) is 5.82 Å². The fourth-order valence-electron chi connectivity index (χ4n) is 4.23. The first-order valence-electron chi connectivity index (χ1n) is 6.79. The van der Waals surface area contributed by atoms with E-state index in [-0.39, 0.29) is 23.3 Å². The highest BCUT2D eigenvalue weighted by molar-refractivity contribution is 5.83. The van der Waals surface area contributed by atoms with Crippen molar-refractivity contribution in [2.24, 2.45) is 23.8 Å². The Balaban J connectivity index is 1.89. The summed E-state index contributed by atoms with van der Waals surface area (Å²) in [5.74, 6) is -0.323. The number of aryl methyl sites for hydroxylation is 1. The Morgan fingerprint density at radius 3 is 2.65 bits per heavy atom. The van der Waals surface area contributed by atoms with Crippen LogP contribution in [0.1, 0.15) is 30.9 Å². The van der Waals surface area contributed by atoms with E-state index in [0.717, 1.165) is 13.0 Å². The zero-order valence-corrected chi connectivity index (χ0v) is 12.0. The van der Waals surface area contributed by atoms with Crippen molar-refractivity contribution in [2.45, 2.75) is 20.3 Å². The van der Waals surface area contributed by atoms with Gasteiger partial charge in [-0.15, -0.1) is 5.10 Å². The first kappa shape index (κ1) is 13.4. The number of fused-ring (bicyclic) bond motifs is 1. The molecule has 1 aromatic heterocycles. The summed E-state index contributed by atoms with van der Waals surface area (Å²) < 4.78 is 1.51. The number of aliphatic hydroxyl groups excluding tert-OH is 1. The molecule has 0 spiro atoms. The Morgan fingerprint density at radius 2 is 2.20 bits per heavy atom. The highest BCUT2D eigenvalue weighted by Gasteiger charge is 2.62. The minimum Gasteiger partial charge on any atom is -0.475 e. The van der Waals surface area contributed by atoms with Crippen LogP contribution in [0.3, 0.4) is 0 Å². The van der Waals surface area contributed by atoms with Gasteiger partial charge in [0.1, 0.15) is 0 Å². The highest BCUT2D eigenvalue weighted by atomic mass is 16.4. The summed E-state index contributed by atoms with van der Waals surface area (Å²) in [5, 5.41) is 22.6. The van der Waals surface area contributed by atoms with Crippen molar-refractivity contribution in [3.8, 4) is 0 Å². The second-order valence-corrected chi connectivity index (χ2v) is 6.78. The zero-order chi connectivity index (χ0) is 14.7. The average molecular weight is 280 g/mol. The summed E-state index contributed by atoms with van der Waals surface area (Å²) in [6.45, 7) is 6.10. The summed E-state index contributed by atoms with van der Waals surface area (Å²) in [5.41, 5.74) is 0.143. The third-order valence-corrected chi connectivity index (χ3v) is 4.93. The number of hydrogen-bond acceptors (Lipinski definition) is 5. The van der Waals surface area contributed by atoms with Crippen LogP contribution in [0.2, 0.25) is 0 Å². The second-order valence-electron chi connectivity index (χ2n) is 6.78. The molecule has 20 heavy (non-hydrogen) atoms. The number of aromatic carboxylic acids is 1. The summed E-state index contributed by atoms with van der Waals surface area (Å²) >= 11 is 0. The third-order valence-electron chi connectivity index (χ3n) is 4.93. The number of anilines is 1. The maximum Gasteiger partial charge on any atom is 0.375 e. The van der Waals surface area contributed by atoms with Gasteiger partial charge in [0.15, 0.2) is 0 Å². The van der Waals surface area contributed by atoms with Crippen LogP contribution >= 0.6 is 0 Å². The molecule has 7 nitrogen and oxygen atoms in total. The normalized spacial score (nSPS) is 31.0. The minimum absolute atomic E-state index is 0.0706. The van der Waals surface area contributed by atoms with Crippen molar-refractivity contribution in [1.29, 1.82) is 0 Å².